The number of ether oxygens (including phenoxy) is 1. The molecule has 1 aromatic rings. The van der Waals surface area contributed by atoms with Crippen LogP contribution in [0.3, 0.4) is 0 Å². The fraction of sp³-hybridized carbons (Fsp3) is 0.467. The van der Waals surface area contributed by atoms with Crippen LogP contribution in [0, 0.1) is 0 Å². The highest BCUT2D eigenvalue weighted by Crippen LogP contribution is 2.32. The van der Waals surface area contributed by atoms with Crippen LogP contribution >= 0.6 is 0 Å². The summed E-state index contributed by atoms with van der Waals surface area (Å²) in [6.07, 6.45) is -2.01. The van der Waals surface area contributed by atoms with E-state index >= 15 is 0 Å². The lowest BCUT2D eigenvalue weighted by Gasteiger charge is -2.23. The molecular weight excluding hydrogens is 309 g/mol. The first kappa shape index (κ1) is 15.8. The highest BCUT2D eigenvalue weighted by Gasteiger charge is 2.31. The Bertz CT molecular complexity index is 609. The summed E-state index contributed by atoms with van der Waals surface area (Å²) in [7, 11) is 0. The lowest BCUT2D eigenvalue weighted by Crippen LogP contribution is -2.35. The van der Waals surface area contributed by atoms with Crippen LogP contribution in [0.25, 0.3) is 0 Å². The predicted molar refractivity (Wildman–Crippen MR) is 81.7 cm³/mol. The summed E-state index contributed by atoms with van der Waals surface area (Å²) >= 11 is 0. The first-order chi connectivity index (χ1) is 11.0. The van der Waals surface area contributed by atoms with Crippen LogP contribution < -0.4 is 5.01 Å². The quantitative estimate of drug-likeness (QED) is 0.619. The van der Waals surface area contributed by atoms with Gasteiger partial charge in [0.2, 0.25) is 0 Å². The van der Waals surface area contributed by atoms with Crippen molar-refractivity contribution in [3.8, 4) is 0 Å². The summed E-state index contributed by atoms with van der Waals surface area (Å²) in [5.74, 6) is 0.619. The average molecular weight is 326 g/mol. The minimum Gasteiger partial charge on any atom is -0.378 e. The average Bonchev–Trinajstić information content (AvgIpc) is 3.02. The Morgan fingerprint density at radius 1 is 1.17 bits per heavy atom. The van der Waals surface area contributed by atoms with Crippen molar-refractivity contribution in [1.29, 1.82) is 0 Å². The van der Waals surface area contributed by atoms with Gasteiger partial charge < -0.3 is 9.64 Å². The Morgan fingerprint density at radius 2 is 1.96 bits per heavy atom. The van der Waals surface area contributed by atoms with Crippen molar-refractivity contribution in [2.24, 2.45) is 10.1 Å². The Balaban J connectivity index is 1.68. The molecule has 1 aromatic carbocycles. The van der Waals surface area contributed by atoms with E-state index in [-0.39, 0.29) is 0 Å². The molecule has 0 aromatic heterocycles. The molecule has 2 aliphatic rings. The van der Waals surface area contributed by atoms with Gasteiger partial charge in [0.05, 0.1) is 30.8 Å². The summed E-state index contributed by atoms with van der Waals surface area (Å²) in [4.78, 5) is 6.37. The van der Waals surface area contributed by atoms with Crippen LogP contribution in [0.1, 0.15) is 12.0 Å². The van der Waals surface area contributed by atoms with E-state index in [9.17, 15) is 13.2 Å². The lowest BCUT2D eigenvalue weighted by atomic mass is 10.2. The Morgan fingerprint density at radius 3 is 2.70 bits per heavy atom. The standard InChI is InChI=1S/C15H17F3N4O/c16-15(17,18)12-2-1-3-13(10-12)22-5-4-14(20-22)19-11-21-6-8-23-9-7-21/h1-3,10-11H,4-9H2. The molecule has 124 valence electrons. The zero-order valence-corrected chi connectivity index (χ0v) is 12.5. The second kappa shape index (κ2) is 6.57. The van der Waals surface area contributed by atoms with Crippen molar-refractivity contribution in [1.82, 2.24) is 4.90 Å². The van der Waals surface area contributed by atoms with E-state index < -0.39 is 11.7 Å². The van der Waals surface area contributed by atoms with Crippen LogP contribution in [-0.4, -0.2) is 49.9 Å². The van der Waals surface area contributed by atoms with Crippen LogP contribution in [-0.2, 0) is 10.9 Å². The van der Waals surface area contributed by atoms with E-state index in [1.54, 1.807) is 17.4 Å². The number of benzene rings is 1. The van der Waals surface area contributed by atoms with Gasteiger partial charge >= 0.3 is 6.18 Å². The predicted octanol–water partition coefficient (Wildman–Crippen LogP) is 2.59. The third-order valence-corrected chi connectivity index (χ3v) is 3.67. The second-order valence-electron chi connectivity index (χ2n) is 5.33. The number of aliphatic imine (C=N–C) groups is 1. The minimum atomic E-state index is -4.35. The number of morpholine rings is 1. The molecule has 0 atom stereocenters. The highest BCUT2D eigenvalue weighted by atomic mass is 19.4. The van der Waals surface area contributed by atoms with E-state index in [4.69, 9.17) is 4.74 Å². The molecular formula is C15H17F3N4O. The molecule has 0 bridgehead atoms. The van der Waals surface area contributed by atoms with Gasteiger partial charge in [-0.15, -0.1) is 0 Å². The Labute approximate surface area is 132 Å². The van der Waals surface area contributed by atoms with Gasteiger partial charge in [-0.05, 0) is 18.2 Å². The molecule has 2 heterocycles. The van der Waals surface area contributed by atoms with Gasteiger partial charge in [-0.1, -0.05) is 6.07 Å². The number of hydrogen-bond acceptors (Lipinski definition) is 4. The molecule has 2 aliphatic heterocycles. The molecule has 0 N–H and O–H groups in total. The molecule has 1 saturated heterocycles. The minimum absolute atomic E-state index is 0.427. The van der Waals surface area contributed by atoms with Gasteiger partial charge in [0.25, 0.3) is 0 Å². The molecule has 0 aliphatic carbocycles. The zero-order chi connectivity index (χ0) is 16.3. The van der Waals surface area contributed by atoms with Gasteiger partial charge in [-0.2, -0.15) is 18.3 Å². The number of alkyl halides is 3. The Kier molecular flexibility index (Phi) is 4.51. The van der Waals surface area contributed by atoms with Gasteiger partial charge in [0, 0.05) is 26.1 Å². The fourth-order valence-electron chi connectivity index (χ4n) is 2.41. The SMILES string of the molecule is FC(F)(F)c1cccc(N2CCC(N=CN3CCOCC3)=N2)c1. The number of rotatable bonds is 2. The van der Waals surface area contributed by atoms with E-state index in [1.165, 1.54) is 6.07 Å². The maximum Gasteiger partial charge on any atom is 0.416 e. The third-order valence-electron chi connectivity index (χ3n) is 3.67. The summed E-state index contributed by atoms with van der Waals surface area (Å²) in [5, 5.41) is 5.85. The van der Waals surface area contributed by atoms with Crippen molar-refractivity contribution in [2.45, 2.75) is 12.6 Å². The normalized spacial score (nSPS) is 19.5. The number of hydrazone groups is 1. The summed E-state index contributed by atoms with van der Waals surface area (Å²) in [6.45, 7) is 3.45. The van der Waals surface area contributed by atoms with Crippen molar-refractivity contribution in [3.05, 3.63) is 29.8 Å². The smallest absolute Gasteiger partial charge is 0.378 e. The maximum absolute atomic E-state index is 12.8. The number of anilines is 1. The van der Waals surface area contributed by atoms with Crippen molar-refractivity contribution < 1.29 is 17.9 Å². The summed E-state index contributed by atoms with van der Waals surface area (Å²) in [6, 6.07) is 5.18. The topological polar surface area (TPSA) is 40.4 Å². The van der Waals surface area contributed by atoms with E-state index in [1.807, 2.05) is 4.90 Å². The first-order valence-corrected chi connectivity index (χ1v) is 7.41. The first-order valence-electron chi connectivity index (χ1n) is 7.41. The maximum atomic E-state index is 12.8. The van der Waals surface area contributed by atoms with Crippen LogP contribution in [0.2, 0.25) is 0 Å². The molecule has 23 heavy (non-hydrogen) atoms. The second-order valence-corrected chi connectivity index (χ2v) is 5.33. The van der Waals surface area contributed by atoms with Gasteiger partial charge in [-0.3, -0.25) is 5.01 Å². The molecule has 5 nitrogen and oxygen atoms in total. The molecule has 0 amide bonds. The monoisotopic (exact) mass is 326 g/mol. The number of halogens is 3. The number of nitrogens with zero attached hydrogens (tertiary/aromatic N) is 4. The molecule has 1 fully saturated rings. The fourth-order valence-corrected chi connectivity index (χ4v) is 2.41. The van der Waals surface area contributed by atoms with E-state index in [0.717, 1.165) is 25.2 Å². The lowest BCUT2D eigenvalue weighted by molar-refractivity contribution is -0.137. The summed E-state index contributed by atoms with van der Waals surface area (Å²) < 4.78 is 43.5. The van der Waals surface area contributed by atoms with Crippen molar-refractivity contribution in [2.75, 3.05) is 37.9 Å². The zero-order valence-electron chi connectivity index (χ0n) is 12.5. The van der Waals surface area contributed by atoms with Crippen molar-refractivity contribution >= 4 is 17.9 Å². The number of hydrogen-bond donors (Lipinski definition) is 0. The molecule has 0 unspecified atom stereocenters. The summed E-state index contributed by atoms with van der Waals surface area (Å²) in [5.41, 5.74) is -0.244. The molecule has 0 spiro atoms. The third kappa shape index (κ3) is 4.01. The largest absolute Gasteiger partial charge is 0.416 e. The van der Waals surface area contributed by atoms with Crippen LogP contribution in [0.5, 0.6) is 0 Å². The molecule has 0 saturated carbocycles. The van der Waals surface area contributed by atoms with E-state index in [0.29, 0.717) is 37.7 Å². The van der Waals surface area contributed by atoms with Crippen LogP contribution in [0.15, 0.2) is 34.4 Å². The highest BCUT2D eigenvalue weighted by molar-refractivity contribution is 5.91. The van der Waals surface area contributed by atoms with Crippen molar-refractivity contribution in [3.63, 3.8) is 0 Å². The van der Waals surface area contributed by atoms with Gasteiger partial charge in [0.15, 0.2) is 5.84 Å². The van der Waals surface area contributed by atoms with E-state index in [2.05, 4.69) is 10.1 Å². The Hall–Kier alpha value is -2.09. The van der Waals surface area contributed by atoms with Gasteiger partial charge in [-0.25, -0.2) is 4.99 Å². The number of amidine groups is 1. The molecule has 8 heteroatoms. The molecule has 3 rings (SSSR count). The molecule has 0 radical (unpaired) electrons. The van der Waals surface area contributed by atoms with Crippen LogP contribution in [0.4, 0.5) is 18.9 Å². The van der Waals surface area contributed by atoms with Gasteiger partial charge in [0.1, 0.15) is 0 Å².